The van der Waals surface area contributed by atoms with E-state index in [0.29, 0.717) is 24.6 Å². The SMILES string of the molecule is COc1ccc(OC)c(S(=O)(=O)N2CCn3cccc3C2c2ccc(Br)cc2)c1. The zero-order valence-corrected chi connectivity index (χ0v) is 18.5. The lowest BCUT2D eigenvalue weighted by atomic mass is 10.0. The summed E-state index contributed by atoms with van der Waals surface area (Å²) in [6.45, 7) is 0.936. The van der Waals surface area contributed by atoms with Crippen LogP contribution in [0.3, 0.4) is 0 Å². The van der Waals surface area contributed by atoms with E-state index in [9.17, 15) is 8.42 Å². The largest absolute Gasteiger partial charge is 0.497 e. The minimum atomic E-state index is -3.86. The molecule has 4 rings (SSSR count). The van der Waals surface area contributed by atoms with Crippen LogP contribution in [0.5, 0.6) is 11.5 Å². The molecule has 2 heterocycles. The Kier molecular flexibility index (Phi) is 5.42. The third kappa shape index (κ3) is 3.56. The Morgan fingerprint density at radius 2 is 1.76 bits per heavy atom. The molecule has 152 valence electrons. The smallest absolute Gasteiger partial charge is 0.247 e. The van der Waals surface area contributed by atoms with E-state index in [0.717, 1.165) is 15.7 Å². The number of benzene rings is 2. The average molecular weight is 477 g/mol. The first-order valence-electron chi connectivity index (χ1n) is 9.10. The number of rotatable bonds is 5. The summed E-state index contributed by atoms with van der Waals surface area (Å²) in [5, 5.41) is 0. The fourth-order valence-electron chi connectivity index (χ4n) is 3.72. The van der Waals surface area contributed by atoms with Crippen LogP contribution in [0.15, 0.2) is 70.2 Å². The van der Waals surface area contributed by atoms with Crippen molar-refractivity contribution in [3.8, 4) is 11.5 Å². The molecule has 6 nitrogen and oxygen atoms in total. The number of ether oxygens (including phenoxy) is 2. The van der Waals surface area contributed by atoms with Gasteiger partial charge in [-0.15, -0.1) is 0 Å². The lowest BCUT2D eigenvalue weighted by molar-refractivity contribution is 0.296. The second-order valence-corrected chi connectivity index (χ2v) is 9.49. The molecule has 0 aliphatic carbocycles. The van der Waals surface area contributed by atoms with Crippen molar-refractivity contribution < 1.29 is 17.9 Å². The minimum absolute atomic E-state index is 0.0986. The van der Waals surface area contributed by atoms with E-state index in [1.807, 2.05) is 42.6 Å². The zero-order chi connectivity index (χ0) is 20.6. The van der Waals surface area contributed by atoms with Gasteiger partial charge in [-0.2, -0.15) is 4.31 Å². The van der Waals surface area contributed by atoms with Gasteiger partial charge in [0.25, 0.3) is 0 Å². The van der Waals surface area contributed by atoms with E-state index in [1.54, 1.807) is 16.4 Å². The van der Waals surface area contributed by atoms with Crippen LogP contribution in [0, 0.1) is 0 Å². The number of nitrogens with zero attached hydrogens (tertiary/aromatic N) is 2. The summed E-state index contributed by atoms with van der Waals surface area (Å²) in [5.74, 6) is 0.756. The van der Waals surface area contributed by atoms with Crippen LogP contribution in [0.4, 0.5) is 0 Å². The highest BCUT2D eigenvalue weighted by atomic mass is 79.9. The molecule has 1 aliphatic rings. The highest BCUT2D eigenvalue weighted by Crippen LogP contribution is 2.39. The van der Waals surface area contributed by atoms with Crippen molar-refractivity contribution in [2.75, 3.05) is 20.8 Å². The Labute approximate surface area is 178 Å². The van der Waals surface area contributed by atoms with E-state index >= 15 is 0 Å². The first-order valence-corrected chi connectivity index (χ1v) is 11.3. The molecule has 0 bridgehead atoms. The van der Waals surface area contributed by atoms with Gasteiger partial charge in [0, 0.05) is 35.5 Å². The molecule has 0 saturated heterocycles. The van der Waals surface area contributed by atoms with Crippen molar-refractivity contribution in [2.24, 2.45) is 0 Å². The monoisotopic (exact) mass is 476 g/mol. The van der Waals surface area contributed by atoms with Crippen LogP contribution in [-0.2, 0) is 16.6 Å². The van der Waals surface area contributed by atoms with Crippen molar-refractivity contribution in [3.63, 3.8) is 0 Å². The average Bonchev–Trinajstić information content (AvgIpc) is 3.22. The summed E-state index contributed by atoms with van der Waals surface area (Å²) in [4.78, 5) is 0.0986. The molecule has 0 amide bonds. The molecule has 0 spiro atoms. The lowest BCUT2D eigenvalue weighted by Gasteiger charge is -2.36. The molecule has 1 aromatic heterocycles. The molecule has 1 aliphatic heterocycles. The number of aromatic nitrogens is 1. The van der Waals surface area contributed by atoms with Gasteiger partial charge >= 0.3 is 0 Å². The van der Waals surface area contributed by atoms with Crippen molar-refractivity contribution in [3.05, 3.63) is 76.5 Å². The molecule has 0 N–H and O–H groups in total. The topological polar surface area (TPSA) is 60.8 Å². The van der Waals surface area contributed by atoms with Gasteiger partial charge in [-0.3, -0.25) is 0 Å². The summed E-state index contributed by atoms with van der Waals surface area (Å²) in [6, 6.07) is 16.0. The van der Waals surface area contributed by atoms with Crippen molar-refractivity contribution in [2.45, 2.75) is 17.5 Å². The minimum Gasteiger partial charge on any atom is -0.497 e. The van der Waals surface area contributed by atoms with E-state index < -0.39 is 16.1 Å². The van der Waals surface area contributed by atoms with Gasteiger partial charge < -0.3 is 14.0 Å². The van der Waals surface area contributed by atoms with Crippen LogP contribution in [0.1, 0.15) is 17.3 Å². The maximum atomic E-state index is 13.8. The van der Waals surface area contributed by atoms with Gasteiger partial charge in [0.15, 0.2) is 0 Å². The molecule has 0 radical (unpaired) electrons. The van der Waals surface area contributed by atoms with Gasteiger partial charge in [-0.05, 0) is 42.0 Å². The zero-order valence-electron chi connectivity index (χ0n) is 16.1. The number of fused-ring (bicyclic) bond motifs is 1. The van der Waals surface area contributed by atoms with Gasteiger partial charge in [0.05, 0.1) is 20.3 Å². The third-order valence-corrected chi connectivity index (χ3v) is 7.55. The Morgan fingerprint density at radius 1 is 1.00 bits per heavy atom. The van der Waals surface area contributed by atoms with Crippen molar-refractivity contribution >= 4 is 26.0 Å². The summed E-state index contributed by atoms with van der Waals surface area (Å²) in [6.07, 6.45) is 1.98. The fourth-order valence-corrected chi connectivity index (χ4v) is 5.73. The predicted molar refractivity (Wildman–Crippen MR) is 114 cm³/mol. The maximum Gasteiger partial charge on any atom is 0.247 e. The standard InChI is InChI=1S/C21H21BrN2O4S/c1-27-17-9-10-19(28-2)20(14-17)29(25,26)24-13-12-23-11-3-4-18(23)21(24)15-5-7-16(22)8-6-15/h3-11,14,21H,12-13H2,1-2H3. The van der Waals surface area contributed by atoms with Crippen molar-refractivity contribution in [1.29, 1.82) is 0 Å². The molecule has 1 unspecified atom stereocenters. The highest BCUT2D eigenvalue weighted by molar-refractivity contribution is 9.10. The molecule has 1 atom stereocenters. The predicted octanol–water partition coefficient (Wildman–Crippen LogP) is 4.06. The number of hydrogen-bond donors (Lipinski definition) is 0. The van der Waals surface area contributed by atoms with Gasteiger partial charge in [-0.25, -0.2) is 8.42 Å². The Hall–Kier alpha value is -2.29. The number of hydrogen-bond acceptors (Lipinski definition) is 4. The van der Waals surface area contributed by atoms with E-state index in [-0.39, 0.29) is 4.90 Å². The third-order valence-electron chi connectivity index (χ3n) is 5.14. The van der Waals surface area contributed by atoms with Crippen LogP contribution in [0.25, 0.3) is 0 Å². The molecular weight excluding hydrogens is 456 g/mol. The number of methoxy groups -OCH3 is 2. The Bertz CT molecular complexity index is 1130. The van der Waals surface area contributed by atoms with E-state index in [4.69, 9.17) is 9.47 Å². The van der Waals surface area contributed by atoms with E-state index in [1.165, 1.54) is 20.3 Å². The van der Waals surface area contributed by atoms with Crippen LogP contribution in [-0.4, -0.2) is 38.1 Å². The molecule has 8 heteroatoms. The van der Waals surface area contributed by atoms with E-state index in [2.05, 4.69) is 20.5 Å². The summed E-state index contributed by atoms with van der Waals surface area (Å²) in [5.41, 5.74) is 1.84. The van der Waals surface area contributed by atoms with Gasteiger partial charge in [-0.1, -0.05) is 28.1 Å². The normalized spacial score (nSPS) is 17.0. The first kappa shape index (κ1) is 20.0. The highest BCUT2D eigenvalue weighted by Gasteiger charge is 2.39. The van der Waals surface area contributed by atoms with Crippen LogP contribution >= 0.6 is 15.9 Å². The molecule has 2 aromatic carbocycles. The summed E-state index contributed by atoms with van der Waals surface area (Å²) in [7, 11) is -0.885. The summed E-state index contributed by atoms with van der Waals surface area (Å²) < 4.78 is 42.8. The Morgan fingerprint density at radius 3 is 2.45 bits per heavy atom. The maximum absolute atomic E-state index is 13.8. The second kappa shape index (κ2) is 7.85. The molecule has 29 heavy (non-hydrogen) atoms. The summed E-state index contributed by atoms with van der Waals surface area (Å²) >= 11 is 3.45. The number of halogens is 1. The first-order chi connectivity index (χ1) is 14.0. The van der Waals surface area contributed by atoms with Crippen LogP contribution in [0.2, 0.25) is 0 Å². The molecule has 0 saturated carbocycles. The van der Waals surface area contributed by atoms with Gasteiger partial charge in [0.2, 0.25) is 10.0 Å². The fraction of sp³-hybridized carbons (Fsp3) is 0.238. The molecule has 3 aromatic rings. The lowest BCUT2D eigenvalue weighted by Crippen LogP contribution is -2.42. The second-order valence-electron chi connectivity index (χ2n) is 6.71. The van der Waals surface area contributed by atoms with Gasteiger partial charge in [0.1, 0.15) is 16.4 Å². The number of sulfonamides is 1. The molecular formula is C21H21BrN2O4S. The Balaban J connectivity index is 1.87. The van der Waals surface area contributed by atoms with Crippen LogP contribution < -0.4 is 9.47 Å². The van der Waals surface area contributed by atoms with Crippen molar-refractivity contribution in [1.82, 2.24) is 8.87 Å². The molecule has 0 fully saturated rings. The quantitative estimate of drug-likeness (QED) is 0.556.